The molecule has 0 unspecified atom stereocenters. The van der Waals surface area contributed by atoms with Crippen LogP contribution in [0.4, 0.5) is 0 Å². The highest BCUT2D eigenvalue weighted by Crippen LogP contribution is 2.15. The Morgan fingerprint density at radius 3 is 2.77 bits per heavy atom. The number of carbonyl (C=O) groups is 1. The molecule has 3 nitrogen and oxygen atoms in total. The van der Waals surface area contributed by atoms with Gasteiger partial charge in [0.2, 0.25) is 5.88 Å². The summed E-state index contributed by atoms with van der Waals surface area (Å²) in [5.41, 5.74) is 0.538. The average Bonchev–Trinajstić information content (AvgIpc) is 2.03. The van der Waals surface area contributed by atoms with Crippen molar-refractivity contribution in [1.29, 1.82) is 0 Å². The summed E-state index contributed by atoms with van der Waals surface area (Å²) in [5, 5.41) is 0. The van der Waals surface area contributed by atoms with Gasteiger partial charge < -0.3 is 4.74 Å². The Morgan fingerprint density at radius 2 is 2.23 bits per heavy atom. The van der Waals surface area contributed by atoms with E-state index in [1.165, 1.54) is 6.92 Å². The third-order valence-corrected chi connectivity index (χ3v) is 1.50. The molecule has 0 N–H and O–H groups in total. The summed E-state index contributed by atoms with van der Waals surface area (Å²) in [6.45, 7) is 5.31. The molecule has 70 valence electrons. The highest BCUT2D eigenvalue weighted by Gasteiger charge is 2.09. The first kappa shape index (κ1) is 9.71. The Bertz CT molecular complexity index is 308. The number of Topliss-reactive ketones (excluding diaryl/α,β-unsaturated/α-hetero) is 1. The van der Waals surface area contributed by atoms with Gasteiger partial charge in [-0.25, -0.2) is 4.98 Å². The molecule has 1 rings (SSSR count). The summed E-state index contributed by atoms with van der Waals surface area (Å²) in [7, 11) is 0. The summed E-state index contributed by atoms with van der Waals surface area (Å²) < 4.78 is 5.37. The lowest BCUT2D eigenvalue weighted by Crippen LogP contribution is -2.10. The fourth-order valence-electron chi connectivity index (χ4n) is 0.976. The summed E-state index contributed by atoms with van der Waals surface area (Å²) >= 11 is 0. The summed E-state index contributed by atoms with van der Waals surface area (Å²) in [4.78, 5) is 15.1. The van der Waals surface area contributed by atoms with Gasteiger partial charge in [0.25, 0.3) is 0 Å². The van der Waals surface area contributed by atoms with Crippen LogP contribution >= 0.6 is 0 Å². The van der Waals surface area contributed by atoms with Gasteiger partial charge in [0.15, 0.2) is 5.78 Å². The molecule has 0 radical (unpaired) electrons. The number of rotatable bonds is 3. The van der Waals surface area contributed by atoms with E-state index >= 15 is 0 Å². The molecule has 0 aliphatic rings. The molecule has 1 aromatic rings. The Balaban J connectivity index is 2.98. The molecule has 1 aromatic heterocycles. The van der Waals surface area contributed by atoms with Crippen molar-refractivity contribution in [2.45, 2.75) is 26.9 Å². The zero-order chi connectivity index (χ0) is 9.84. The van der Waals surface area contributed by atoms with Gasteiger partial charge in [-0.15, -0.1) is 0 Å². The minimum Gasteiger partial charge on any atom is -0.474 e. The number of nitrogens with zero attached hydrogens (tertiary/aromatic N) is 1. The fraction of sp³-hybridized carbons (Fsp3) is 0.400. The van der Waals surface area contributed by atoms with Crippen molar-refractivity contribution in [1.82, 2.24) is 4.98 Å². The molecule has 0 spiro atoms. The van der Waals surface area contributed by atoms with E-state index in [9.17, 15) is 4.79 Å². The number of aromatic nitrogens is 1. The van der Waals surface area contributed by atoms with Gasteiger partial charge in [-0.3, -0.25) is 4.79 Å². The van der Waals surface area contributed by atoms with Gasteiger partial charge in [0.1, 0.15) is 0 Å². The molecule has 0 bridgehead atoms. The molecule has 13 heavy (non-hydrogen) atoms. The lowest BCUT2D eigenvalue weighted by molar-refractivity contribution is 0.101. The van der Waals surface area contributed by atoms with Crippen LogP contribution in [-0.4, -0.2) is 16.9 Å². The zero-order valence-electron chi connectivity index (χ0n) is 8.07. The highest BCUT2D eigenvalue weighted by molar-refractivity contribution is 5.96. The van der Waals surface area contributed by atoms with Crippen LogP contribution in [0.5, 0.6) is 5.88 Å². The van der Waals surface area contributed by atoms with Crippen LogP contribution in [-0.2, 0) is 0 Å². The van der Waals surface area contributed by atoms with Crippen LogP contribution in [0.3, 0.4) is 0 Å². The van der Waals surface area contributed by atoms with Gasteiger partial charge in [-0.2, -0.15) is 0 Å². The highest BCUT2D eigenvalue weighted by atomic mass is 16.5. The van der Waals surface area contributed by atoms with E-state index in [2.05, 4.69) is 4.98 Å². The van der Waals surface area contributed by atoms with Gasteiger partial charge in [-0.05, 0) is 32.9 Å². The van der Waals surface area contributed by atoms with Crippen LogP contribution in [0.25, 0.3) is 0 Å². The van der Waals surface area contributed by atoms with Gasteiger partial charge in [-0.1, -0.05) is 0 Å². The standard InChI is InChI=1S/C10H13NO2/c1-7(2)13-10-9(8(3)12)5-4-6-11-10/h4-7H,1-3H3. The van der Waals surface area contributed by atoms with E-state index in [0.717, 1.165) is 0 Å². The second-order valence-electron chi connectivity index (χ2n) is 3.08. The number of carbonyl (C=O) groups excluding carboxylic acids is 1. The van der Waals surface area contributed by atoms with Crippen molar-refractivity contribution in [3.05, 3.63) is 23.9 Å². The first-order chi connectivity index (χ1) is 6.11. The molecule has 0 fully saturated rings. The normalized spacial score (nSPS) is 10.2. The number of ketones is 1. The van der Waals surface area contributed by atoms with Crippen molar-refractivity contribution < 1.29 is 9.53 Å². The van der Waals surface area contributed by atoms with Crippen molar-refractivity contribution in [3.8, 4) is 5.88 Å². The Hall–Kier alpha value is -1.38. The van der Waals surface area contributed by atoms with E-state index in [-0.39, 0.29) is 11.9 Å². The first-order valence-corrected chi connectivity index (χ1v) is 4.24. The number of hydrogen-bond donors (Lipinski definition) is 0. The maximum atomic E-state index is 11.1. The predicted molar refractivity (Wildman–Crippen MR) is 50.0 cm³/mol. The van der Waals surface area contributed by atoms with E-state index in [4.69, 9.17) is 4.74 Å². The molecule has 0 saturated heterocycles. The Kier molecular flexibility index (Phi) is 3.01. The van der Waals surface area contributed by atoms with Crippen molar-refractivity contribution >= 4 is 5.78 Å². The van der Waals surface area contributed by atoms with E-state index in [0.29, 0.717) is 11.4 Å². The number of pyridine rings is 1. The van der Waals surface area contributed by atoms with Gasteiger partial charge in [0, 0.05) is 6.20 Å². The molecule has 3 heteroatoms. The largest absolute Gasteiger partial charge is 0.474 e. The molecular formula is C10H13NO2. The number of hydrogen-bond acceptors (Lipinski definition) is 3. The molecule has 0 amide bonds. The lowest BCUT2D eigenvalue weighted by atomic mass is 10.2. The van der Waals surface area contributed by atoms with E-state index < -0.39 is 0 Å². The second-order valence-corrected chi connectivity index (χ2v) is 3.08. The van der Waals surface area contributed by atoms with Crippen LogP contribution in [0.2, 0.25) is 0 Å². The SMILES string of the molecule is CC(=O)c1cccnc1OC(C)C. The zero-order valence-corrected chi connectivity index (χ0v) is 8.07. The summed E-state index contributed by atoms with van der Waals surface area (Å²) in [5.74, 6) is 0.397. The maximum absolute atomic E-state index is 11.1. The van der Waals surface area contributed by atoms with Crippen LogP contribution in [0.1, 0.15) is 31.1 Å². The van der Waals surface area contributed by atoms with E-state index in [1.807, 2.05) is 13.8 Å². The predicted octanol–water partition coefficient (Wildman–Crippen LogP) is 2.07. The van der Waals surface area contributed by atoms with E-state index in [1.54, 1.807) is 18.3 Å². The molecule has 0 aliphatic carbocycles. The van der Waals surface area contributed by atoms with Gasteiger partial charge >= 0.3 is 0 Å². The maximum Gasteiger partial charge on any atom is 0.224 e. The first-order valence-electron chi connectivity index (χ1n) is 4.24. The average molecular weight is 179 g/mol. The third kappa shape index (κ3) is 2.54. The minimum absolute atomic E-state index is 0.0243. The second kappa shape index (κ2) is 4.03. The quantitative estimate of drug-likeness (QED) is 0.667. The summed E-state index contributed by atoms with van der Waals surface area (Å²) in [6, 6.07) is 3.44. The van der Waals surface area contributed by atoms with Crippen molar-refractivity contribution in [2.75, 3.05) is 0 Å². The van der Waals surface area contributed by atoms with Crippen LogP contribution in [0, 0.1) is 0 Å². The van der Waals surface area contributed by atoms with Crippen molar-refractivity contribution in [2.24, 2.45) is 0 Å². The monoisotopic (exact) mass is 179 g/mol. The fourth-order valence-corrected chi connectivity index (χ4v) is 0.976. The van der Waals surface area contributed by atoms with Crippen LogP contribution in [0.15, 0.2) is 18.3 Å². The molecule has 0 aliphatic heterocycles. The molecule has 1 heterocycles. The Labute approximate surface area is 77.8 Å². The number of ether oxygens (including phenoxy) is 1. The smallest absolute Gasteiger partial charge is 0.224 e. The minimum atomic E-state index is -0.0243. The topological polar surface area (TPSA) is 39.2 Å². The molecule has 0 atom stereocenters. The third-order valence-electron chi connectivity index (χ3n) is 1.50. The lowest BCUT2D eigenvalue weighted by Gasteiger charge is -2.10. The molecule has 0 saturated carbocycles. The molecular weight excluding hydrogens is 166 g/mol. The van der Waals surface area contributed by atoms with Crippen molar-refractivity contribution in [3.63, 3.8) is 0 Å². The van der Waals surface area contributed by atoms with Gasteiger partial charge in [0.05, 0.1) is 11.7 Å². The van der Waals surface area contributed by atoms with Crippen LogP contribution < -0.4 is 4.74 Å². The Morgan fingerprint density at radius 1 is 1.54 bits per heavy atom. The summed E-state index contributed by atoms with van der Waals surface area (Å²) in [6.07, 6.45) is 1.65. The molecule has 0 aromatic carbocycles.